The Kier molecular flexibility index (Phi) is 3.71. The Hall–Kier alpha value is -0.640. The number of nitrogens with two attached hydrogens (primary N) is 1. The number of halogens is 2. The highest BCUT2D eigenvalue weighted by Gasteiger charge is 2.34. The van der Waals surface area contributed by atoms with E-state index in [1.54, 1.807) is 0 Å². The van der Waals surface area contributed by atoms with E-state index in [0.29, 0.717) is 11.1 Å². The second kappa shape index (κ2) is 4.92. The third-order valence-electron chi connectivity index (χ3n) is 3.37. The van der Waals surface area contributed by atoms with Gasteiger partial charge < -0.3 is 5.73 Å². The van der Waals surface area contributed by atoms with Gasteiger partial charge in [-0.15, -0.1) is 0 Å². The van der Waals surface area contributed by atoms with Crippen LogP contribution in [0, 0.1) is 5.82 Å². The Morgan fingerprint density at radius 3 is 2.71 bits per heavy atom. The summed E-state index contributed by atoms with van der Waals surface area (Å²) in [4.78, 5) is 2.30. The molecule has 2 unspecified atom stereocenters. The van der Waals surface area contributed by atoms with Crippen LogP contribution >= 0.6 is 11.6 Å². The average molecular weight is 257 g/mol. The van der Waals surface area contributed by atoms with Gasteiger partial charge in [0.25, 0.3) is 0 Å². The number of likely N-dealkylation sites (tertiary alicyclic amines) is 1. The standard InChI is InChI=1S/C13H18ClFN2/c1-8(2)17-4-3-12(16)13(17)9-5-10(14)7-11(15)6-9/h5-8,12-13H,3-4,16H2,1-2H3. The minimum Gasteiger partial charge on any atom is -0.326 e. The van der Waals surface area contributed by atoms with Gasteiger partial charge in [0.15, 0.2) is 0 Å². The van der Waals surface area contributed by atoms with Crippen LogP contribution in [0.1, 0.15) is 31.9 Å². The van der Waals surface area contributed by atoms with Crippen LogP contribution in [0.3, 0.4) is 0 Å². The third kappa shape index (κ3) is 2.62. The molecule has 4 heteroatoms. The minimum atomic E-state index is -0.296. The zero-order chi connectivity index (χ0) is 12.6. The van der Waals surface area contributed by atoms with Crippen LogP contribution < -0.4 is 5.73 Å². The first-order chi connectivity index (χ1) is 7.99. The van der Waals surface area contributed by atoms with Gasteiger partial charge >= 0.3 is 0 Å². The maximum Gasteiger partial charge on any atom is 0.125 e. The van der Waals surface area contributed by atoms with Gasteiger partial charge in [-0.25, -0.2) is 4.39 Å². The van der Waals surface area contributed by atoms with Crippen LogP contribution in [-0.4, -0.2) is 23.5 Å². The van der Waals surface area contributed by atoms with Gasteiger partial charge in [0.2, 0.25) is 0 Å². The van der Waals surface area contributed by atoms with E-state index in [1.807, 2.05) is 6.07 Å². The van der Waals surface area contributed by atoms with E-state index in [1.165, 1.54) is 12.1 Å². The molecule has 1 heterocycles. The van der Waals surface area contributed by atoms with E-state index in [2.05, 4.69) is 18.7 Å². The fraction of sp³-hybridized carbons (Fsp3) is 0.538. The second-order valence-corrected chi connectivity index (χ2v) is 5.37. The van der Waals surface area contributed by atoms with Crippen molar-refractivity contribution in [2.24, 2.45) is 5.73 Å². The van der Waals surface area contributed by atoms with E-state index in [9.17, 15) is 4.39 Å². The molecule has 0 aromatic heterocycles. The summed E-state index contributed by atoms with van der Waals surface area (Å²) in [5, 5.41) is 0.433. The van der Waals surface area contributed by atoms with Crippen molar-refractivity contribution >= 4 is 11.6 Å². The summed E-state index contributed by atoms with van der Waals surface area (Å²) in [6, 6.07) is 5.20. The number of hydrogen-bond acceptors (Lipinski definition) is 2. The van der Waals surface area contributed by atoms with Crippen molar-refractivity contribution in [1.82, 2.24) is 4.90 Å². The molecule has 1 saturated heterocycles. The van der Waals surface area contributed by atoms with Crippen LogP contribution in [0.4, 0.5) is 4.39 Å². The van der Waals surface area contributed by atoms with Gasteiger partial charge in [0, 0.05) is 23.7 Å². The highest BCUT2D eigenvalue weighted by atomic mass is 35.5. The molecule has 2 N–H and O–H groups in total. The van der Waals surface area contributed by atoms with E-state index in [-0.39, 0.29) is 17.9 Å². The predicted molar refractivity (Wildman–Crippen MR) is 68.6 cm³/mol. The molecule has 94 valence electrons. The van der Waals surface area contributed by atoms with E-state index >= 15 is 0 Å². The summed E-state index contributed by atoms with van der Waals surface area (Å²) in [6.45, 7) is 5.22. The molecule has 0 amide bonds. The van der Waals surface area contributed by atoms with Crippen LogP contribution in [0.25, 0.3) is 0 Å². The van der Waals surface area contributed by atoms with Crippen LogP contribution in [0.15, 0.2) is 18.2 Å². The molecule has 0 saturated carbocycles. The number of rotatable bonds is 2. The second-order valence-electron chi connectivity index (χ2n) is 4.93. The monoisotopic (exact) mass is 256 g/mol. The molecule has 1 aliphatic heterocycles. The summed E-state index contributed by atoms with van der Waals surface area (Å²) in [5.41, 5.74) is 7.02. The number of nitrogens with zero attached hydrogens (tertiary/aromatic N) is 1. The fourth-order valence-electron chi connectivity index (χ4n) is 2.61. The predicted octanol–water partition coefficient (Wildman–Crippen LogP) is 2.96. The van der Waals surface area contributed by atoms with Gasteiger partial charge in [-0.05, 0) is 44.0 Å². The first-order valence-electron chi connectivity index (χ1n) is 5.96. The molecule has 1 fully saturated rings. The smallest absolute Gasteiger partial charge is 0.125 e. The maximum absolute atomic E-state index is 13.4. The first kappa shape index (κ1) is 12.8. The topological polar surface area (TPSA) is 29.3 Å². The lowest BCUT2D eigenvalue weighted by molar-refractivity contribution is 0.198. The van der Waals surface area contributed by atoms with Crippen molar-refractivity contribution in [3.05, 3.63) is 34.6 Å². The number of benzene rings is 1. The van der Waals surface area contributed by atoms with E-state index in [4.69, 9.17) is 17.3 Å². The van der Waals surface area contributed by atoms with Gasteiger partial charge in [0.1, 0.15) is 5.82 Å². The van der Waals surface area contributed by atoms with Gasteiger partial charge in [-0.2, -0.15) is 0 Å². The summed E-state index contributed by atoms with van der Waals surface area (Å²) in [7, 11) is 0. The lowest BCUT2D eigenvalue weighted by Crippen LogP contribution is -2.35. The zero-order valence-electron chi connectivity index (χ0n) is 10.2. The fourth-order valence-corrected chi connectivity index (χ4v) is 2.84. The Morgan fingerprint density at radius 2 is 2.12 bits per heavy atom. The lowest BCUT2D eigenvalue weighted by atomic mass is 10.00. The molecular formula is C13H18ClFN2. The molecule has 0 bridgehead atoms. The molecule has 0 spiro atoms. The van der Waals surface area contributed by atoms with Crippen LogP contribution in [-0.2, 0) is 0 Å². The van der Waals surface area contributed by atoms with Crippen molar-refractivity contribution in [3.8, 4) is 0 Å². The molecule has 2 atom stereocenters. The summed E-state index contributed by atoms with van der Waals surface area (Å²) in [5.74, 6) is -0.296. The molecule has 1 aliphatic rings. The largest absolute Gasteiger partial charge is 0.326 e. The molecule has 17 heavy (non-hydrogen) atoms. The highest BCUT2D eigenvalue weighted by molar-refractivity contribution is 6.30. The third-order valence-corrected chi connectivity index (χ3v) is 3.59. The zero-order valence-corrected chi connectivity index (χ0v) is 10.9. The molecular weight excluding hydrogens is 239 g/mol. The highest BCUT2D eigenvalue weighted by Crippen LogP contribution is 2.34. The molecule has 1 aromatic rings. The Bertz CT molecular complexity index is 388. The first-order valence-corrected chi connectivity index (χ1v) is 6.34. The quantitative estimate of drug-likeness (QED) is 0.882. The Labute approximate surface area is 107 Å². The van der Waals surface area contributed by atoms with E-state index < -0.39 is 0 Å². The molecule has 2 nitrogen and oxygen atoms in total. The minimum absolute atomic E-state index is 0.0512. The lowest BCUT2D eigenvalue weighted by Gasteiger charge is -2.30. The van der Waals surface area contributed by atoms with E-state index in [0.717, 1.165) is 18.5 Å². The number of hydrogen-bond donors (Lipinski definition) is 1. The van der Waals surface area contributed by atoms with Crippen molar-refractivity contribution in [2.75, 3.05) is 6.54 Å². The van der Waals surface area contributed by atoms with Crippen molar-refractivity contribution in [1.29, 1.82) is 0 Å². The molecule has 0 aliphatic carbocycles. The summed E-state index contributed by atoms with van der Waals surface area (Å²) in [6.07, 6.45) is 0.941. The molecule has 1 aromatic carbocycles. The van der Waals surface area contributed by atoms with Crippen molar-refractivity contribution in [2.45, 2.75) is 38.4 Å². The van der Waals surface area contributed by atoms with Gasteiger partial charge in [0.05, 0.1) is 6.04 Å². The van der Waals surface area contributed by atoms with Gasteiger partial charge in [-0.3, -0.25) is 4.90 Å². The SMILES string of the molecule is CC(C)N1CCC(N)C1c1cc(F)cc(Cl)c1. The Morgan fingerprint density at radius 1 is 1.41 bits per heavy atom. The maximum atomic E-state index is 13.4. The molecule has 2 rings (SSSR count). The van der Waals surface area contributed by atoms with Crippen molar-refractivity contribution < 1.29 is 4.39 Å². The Balaban J connectivity index is 2.36. The summed E-state index contributed by atoms with van der Waals surface area (Å²) >= 11 is 5.90. The normalized spacial score (nSPS) is 25.8. The molecule has 0 radical (unpaired) electrons. The van der Waals surface area contributed by atoms with Crippen LogP contribution in [0.2, 0.25) is 5.02 Å². The average Bonchev–Trinajstić information content (AvgIpc) is 2.58. The van der Waals surface area contributed by atoms with Crippen LogP contribution in [0.5, 0.6) is 0 Å². The van der Waals surface area contributed by atoms with Gasteiger partial charge in [-0.1, -0.05) is 11.6 Å². The summed E-state index contributed by atoms with van der Waals surface area (Å²) < 4.78 is 13.4. The van der Waals surface area contributed by atoms with Crippen molar-refractivity contribution in [3.63, 3.8) is 0 Å².